The number of aryl methyl sites for hydroxylation is 1. The average molecular weight is 288 g/mol. The van der Waals surface area contributed by atoms with E-state index in [1.165, 1.54) is 0 Å². The maximum Gasteiger partial charge on any atom is 0.169 e. The van der Waals surface area contributed by atoms with Gasteiger partial charge >= 0.3 is 0 Å². The number of fused-ring (bicyclic) bond motifs is 1. The van der Waals surface area contributed by atoms with Crippen LogP contribution in [0.15, 0.2) is 30.5 Å². The Morgan fingerprint density at radius 2 is 2.05 bits per heavy atom. The van der Waals surface area contributed by atoms with Gasteiger partial charge in [-0.3, -0.25) is 0 Å². The van der Waals surface area contributed by atoms with Gasteiger partial charge in [0.25, 0.3) is 0 Å². The first-order chi connectivity index (χ1) is 10.1. The van der Waals surface area contributed by atoms with Crippen molar-refractivity contribution in [3.05, 3.63) is 36.0 Å². The zero-order valence-corrected chi connectivity index (χ0v) is 12.0. The topological polar surface area (TPSA) is 63.5 Å². The maximum atomic E-state index is 10.7. The van der Waals surface area contributed by atoms with Gasteiger partial charge in [0.2, 0.25) is 0 Å². The largest absolute Gasteiger partial charge is 0.550 e. The van der Waals surface area contributed by atoms with E-state index in [1.54, 1.807) is 0 Å². The Hall–Kier alpha value is -1.85. The molecule has 1 aliphatic rings. The van der Waals surface area contributed by atoms with Gasteiger partial charge in [-0.15, -0.1) is 0 Å². The van der Waals surface area contributed by atoms with Crippen molar-refractivity contribution in [2.75, 3.05) is 13.2 Å². The number of benzene rings is 1. The molecule has 1 aliphatic heterocycles. The molecule has 21 heavy (non-hydrogen) atoms. The lowest BCUT2D eigenvalue weighted by Crippen LogP contribution is -2.28. The number of carboxylic acids is 1. The lowest BCUT2D eigenvalue weighted by molar-refractivity contribution is -0.305. The summed E-state index contributed by atoms with van der Waals surface area (Å²) in [6.07, 6.45) is 2.64. The minimum Gasteiger partial charge on any atom is -0.550 e. The number of nitrogens with zero attached hydrogens (tertiary/aromatic N) is 1. The zero-order chi connectivity index (χ0) is 14.9. The van der Waals surface area contributed by atoms with Crippen molar-refractivity contribution in [2.45, 2.75) is 32.1 Å². The molecular weight excluding hydrogens is 270 g/mol. The number of rotatable bonds is 5. The molecule has 0 bridgehead atoms. The second-order valence-corrected chi connectivity index (χ2v) is 5.49. The van der Waals surface area contributed by atoms with Gasteiger partial charge in [0.1, 0.15) is 0 Å². The zero-order valence-electron chi connectivity index (χ0n) is 12.0. The number of hydrogen-bond acceptors (Lipinski definition) is 4. The SMILES string of the molecule is CC1(Cc2cn(CCC(=O)[O-])c3ccccc23)OCCO1. The Bertz CT molecular complexity index is 655. The van der Waals surface area contributed by atoms with E-state index in [-0.39, 0.29) is 6.42 Å². The summed E-state index contributed by atoms with van der Waals surface area (Å²) in [6.45, 7) is 3.56. The van der Waals surface area contributed by atoms with Gasteiger partial charge in [-0.2, -0.15) is 0 Å². The molecule has 0 aliphatic carbocycles. The molecule has 2 heterocycles. The van der Waals surface area contributed by atoms with Crippen molar-refractivity contribution in [2.24, 2.45) is 0 Å². The molecule has 0 amide bonds. The standard InChI is InChI=1S/C16H19NO4/c1-16(20-8-9-21-16)10-12-11-17(7-6-15(18)19)14-5-3-2-4-13(12)14/h2-5,11H,6-10H2,1H3,(H,18,19)/p-1. The molecule has 0 atom stereocenters. The molecule has 1 fully saturated rings. The van der Waals surface area contributed by atoms with Crippen LogP contribution in [0, 0.1) is 0 Å². The molecular formula is C16H18NO4-. The van der Waals surface area contributed by atoms with Crippen LogP contribution in [0.2, 0.25) is 0 Å². The Morgan fingerprint density at radius 1 is 1.33 bits per heavy atom. The normalized spacial score (nSPS) is 17.4. The highest BCUT2D eigenvalue weighted by Gasteiger charge is 2.32. The second kappa shape index (κ2) is 5.50. The fraction of sp³-hybridized carbons (Fsp3) is 0.438. The minimum absolute atomic E-state index is 0.00236. The number of para-hydroxylation sites is 1. The van der Waals surface area contributed by atoms with Crippen molar-refractivity contribution < 1.29 is 19.4 Å². The molecule has 0 radical (unpaired) electrons. The van der Waals surface area contributed by atoms with Crippen LogP contribution in [0.3, 0.4) is 0 Å². The molecule has 1 aromatic heterocycles. The Morgan fingerprint density at radius 3 is 2.76 bits per heavy atom. The first kappa shape index (κ1) is 14.1. The average Bonchev–Trinajstić information content (AvgIpc) is 3.02. The monoisotopic (exact) mass is 288 g/mol. The summed E-state index contributed by atoms with van der Waals surface area (Å²) in [6, 6.07) is 7.96. The van der Waals surface area contributed by atoms with Crippen LogP contribution in [0.4, 0.5) is 0 Å². The quantitative estimate of drug-likeness (QED) is 0.826. The molecule has 5 heteroatoms. The molecule has 0 spiro atoms. The molecule has 2 aromatic rings. The van der Waals surface area contributed by atoms with Crippen LogP contribution in [0.25, 0.3) is 10.9 Å². The summed E-state index contributed by atoms with van der Waals surface area (Å²) in [5.41, 5.74) is 2.13. The molecule has 0 N–H and O–H groups in total. The van der Waals surface area contributed by atoms with Crippen molar-refractivity contribution in [3.8, 4) is 0 Å². The van der Waals surface area contributed by atoms with Crippen molar-refractivity contribution in [1.82, 2.24) is 4.57 Å². The lowest BCUT2D eigenvalue weighted by Gasteiger charge is -2.21. The fourth-order valence-corrected chi connectivity index (χ4v) is 2.87. The van der Waals surface area contributed by atoms with Crippen LogP contribution in [0.5, 0.6) is 0 Å². The summed E-state index contributed by atoms with van der Waals surface area (Å²) in [5.74, 6) is -1.63. The van der Waals surface area contributed by atoms with E-state index in [1.807, 2.05) is 42.0 Å². The first-order valence-corrected chi connectivity index (χ1v) is 7.12. The third kappa shape index (κ3) is 2.94. The van der Waals surface area contributed by atoms with Crippen molar-refractivity contribution >= 4 is 16.9 Å². The highest BCUT2D eigenvalue weighted by Crippen LogP contribution is 2.29. The highest BCUT2D eigenvalue weighted by molar-refractivity contribution is 5.84. The van der Waals surface area contributed by atoms with Gasteiger partial charge in [-0.25, -0.2) is 0 Å². The summed E-state index contributed by atoms with van der Waals surface area (Å²) < 4.78 is 13.3. The van der Waals surface area contributed by atoms with Gasteiger partial charge in [0, 0.05) is 42.5 Å². The first-order valence-electron chi connectivity index (χ1n) is 7.12. The van der Waals surface area contributed by atoms with Crippen molar-refractivity contribution in [1.29, 1.82) is 0 Å². The highest BCUT2D eigenvalue weighted by atomic mass is 16.7. The van der Waals surface area contributed by atoms with Gasteiger partial charge in [0.05, 0.1) is 13.2 Å². The van der Waals surface area contributed by atoms with E-state index in [4.69, 9.17) is 9.47 Å². The van der Waals surface area contributed by atoms with E-state index in [9.17, 15) is 9.90 Å². The van der Waals surface area contributed by atoms with Crippen LogP contribution in [0.1, 0.15) is 18.9 Å². The second-order valence-electron chi connectivity index (χ2n) is 5.49. The van der Waals surface area contributed by atoms with E-state index >= 15 is 0 Å². The Labute approximate surface area is 123 Å². The molecule has 1 saturated heterocycles. The number of aliphatic carboxylic acids is 1. The predicted octanol–water partition coefficient (Wildman–Crippen LogP) is 1.09. The molecule has 1 aromatic carbocycles. The smallest absolute Gasteiger partial charge is 0.169 e. The number of carbonyl (C=O) groups is 1. The van der Waals surface area contributed by atoms with E-state index in [0.717, 1.165) is 16.5 Å². The van der Waals surface area contributed by atoms with E-state index < -0.39 is 11.8 Å². The Balaban J connectivity index is 1.92. The van der Waals surface area contributed by atoms with Gasteiger partial charge in [-0.1, -0.05) is 18.2 Å². The molecule has 0 unspecified atom stereocenters. The molecule has 0 saturated carbocycles. The lowest BCUT2D eigenvalue weighted by atomic mass is 10.1. The third-order valence-electron chi connectivity index (χ3n) is 3.84. The predicted molar refractivity (Wildman–Crippen MR) is 75.6 cm³/mol. The molecule has 112 valence electrons. The number of ether oxygens (including phenoxy) is 2. The van der Waals surface area contributed by atoms with Crippen LogP contribution in [-0.4, -0.2) is 29.5 Å². The van der Waals surface area contributed by atoms with Crippen LogP contribution >= 0.6 is 0 Å². The summed E-state index contributed by atoms with van der Waals surface area (Å²) in [4.78, 5) is 10.7. The van der Waals surface area contributed by atoms with Crippen LogP contribution in [-0.2, 0) is 27.2 Å². The third-order valence-corrected chi connectivity index (χ3v) is 3.84. The minimum atomic E-state index is -1.04. The summed E-state index contributed by atoms with van der Waals surface area (Å²) in [7, 11) is 0. The summed E-state index contributed by atoms with van der Waals surface area (Å²) in [5, 5.41) is 11.8. The van der Waals surface area contributed by atoms with E-state index in [0.29, 0.717) is 26.2 Å². The number of hydrogen-bond donors (Lipinski definition) is 0. The number of carboxylic acid groups (broad SMARTS) is 1. The summed E-state index contributed by atoms with van der Waals surface area (Å²) >= 11 is 0. The van der Waals surface area contributed by atoms with Gasteiger partial charge in [-0.05, 0) is 18.6 Å². The van der Waals surface area contributed by atoms with E-state index in [2.05, 4.69) is 0 Å². The number of aromatic nitrogens is 1. The van der Waals surface area contributed by atoms with Crippen LogP contribution < -0.4 is 5.11 Å². The molecule has 3 rings (SSSR count). The van der Waals surface area contributed by atoms with Crippen molar-refractivity contribution in [3.63, 3.8) is 0 Å². The Kier molecular flexibility index (Phi) is 3.69. The number of carbonyl (C=O) groups excluding carboxylic acids is 1. The van der Waals surface area contributed by atoms with Gasteiger partial charge < -0.3 is 23.9 Å². The molecule has 5 nitrogen and oxygen atoms in total. The maximum absolute atomic E-state index is 10.7. The fourth-order valence-electron chi connectivity index (χ4n) is 2.87. The van der Waals surface area contributed by atoms with Gasteiger partial charge in [0.15, 0.2) is 5.79 Å².